The summed E-state index contributed by atoms with van der Waals surface area (Å²) in [4.78, 5) is 22.2. The Morgan fingerprint density at radius 2 is 1.96 bits per heavy atom. The minimum absolute atomic E-state index is 0.00518. The third-order valence-electron chi connectivity index (χ3n) is 3.29. The number of benzene rings is 1. The van der Waals surface area contributed by atoms with Crippen LogP contribution in [-0.4, -0.2) is 30.7 Å². The molecule has 0 aromatic heterocycles. The number of nitrogens with one attached hydrogen (secondary N) is 1. The van der Waals surface area contributed by atoms with Crippen molar-refractivity contribution in [3.05, 3.63) is 51.2 Å². The fourth-order valence-electron chi connectivity index (χ4n) is 1.98. The lowest BCUT2D eigenvalue weighted by Gasteiger charge is -2.12. The molecule has 134 valence electrons. The SMILES string of the molecule is CCOCCOC(=O)/C(C#N)=C(\CC)NCc1ccc([N+](=O)[O-])cc1. The van der Waals surface area contributed by atoms with Gasteiger partial charge in [-0.15, -0.1) is 0 Å². The number of carbonyl (C=O) groups is 1. The van der Waals surface area contributed by atoms with Gasteiger partial charge in [0.2, 0.25) is 0 Å². The Balaban J connectivity index is 2.72. The zero-order valence-electron chi connectivity index (χ0n) is 14.3. The molecule has 0 saturated heterocycles. The predicted octanol–water partition coefficient (Wildman–Crippen LogP) is 2.45. The molecular weight excluding hydrogens is 326 g/mol. The number of hydrogen-bond acceptors (Lipinski definition) is 7. The van der Waals surface area contributed by atoms with Gasteiger partial charge in [-0.25, -0.2) is 4.79 Å². The van der Waals surface area contributed by atoms with E-state index in [9.17, 15) is 20.2 Å². The van der Waals surface area contributed by atoms with Crippen LogP contribution < -0.4 is 5.32 Å². The summed E-state index contributed by atoms with van der Waals surface area (Å²) in [5.74, 6) is -0.699. The van der Waals surface area contributed by atoms with E-state index >= 15 is 0 Å². The maximum Gasteiger partial charge on any atom is 0.350 e. The van der Waals surface area contributed by atoms with E-state index in [0.29, 0.717) is 25.3 Å². The molecule has 1 aromatic carbocycles. The van der Waals surface area contributed by atoms with Crippen molar-refractivity contribution in [2.45, 2.75) is 26.8 Å². The Labute approximate surface area is 146 Å². The molecule has 0 radical (unpaired) electrons. The lowest BCUT2D eigenvalue weighted by molar-refractivity contribution is -0.384. The number of non-ortho nitro benzene ring substituents is 1. The highest BCUT2D eigenvalue weighted by molar-refractivity contribution is 5.93. The largest absolute Gasteiger partial charge is 0.459 e. The van der Waals surface area contributed by atoms with Crippen LogP contribution in [0.25, 0.3) is 0 Å². The van der Waals surface area contributed by atoms with Crippen molar-refractivity contribution in [2.24, 2.45) is 0 Å². The zero-order valence-corrected chi connectivity index (χ0v) is 14.3. The molecule has 1 N–H and O–H groups in total. The summed E-state index contributed by atoms with van der Waals surface area (Å²) in [5.41, 5.74) is 1.17. The van der Waals surface area contributed by atoms with E-state index in [1.165, 1.54) is 12.1 Å². The van der Waals surface area contributed by atoms with Crippen LogP contribution in [0.1, 0.15) is 25.8 Å². The van der Waals surface area contributed by atoms with Crippen molar-refractivity contribution in [2.75, 3.05) is 19.8 Å². The Kier molecular flexibility index (Phi) is 8.68. The van der Waals surface area contributed by atoms with Crippen molar-refractivity contribution in [1.29, 1.82) is 5.26 Å². The van der Waals surface area contributed by atoms with Gasteiger partial charge in [0.1, 0.15) is 12.7 Å². The summed E-state index contributed by atoms with van der Waals surface area (Å²) in [6.45, 7) is 4.85. The first kappa shape index (κ1) is 20.1. The van der Waals surface area contributed by atoms with Crippen LogP contribution in [0.4, 0.5) is 5.69 Å². The maximum absolute atomic E-state index is 12.0. The molecule has 0 aliphatic rings. The number of nitrogens with zero attached hydrogens (tertiary/aromatic N) is 2. The molecule has 0 amide bonds. The summed E-state index contributed by atoms with van der Waals surface area (Å²) in [5, 5.41) is 22.9. The van der Waals surface area contributed by atoms with Crippen LogP contribution >= 0.6 is 0 Å². The van der Waals surface area contributed by atoms with Crippen LogP contribution in [0.2, 0.25) is 0 Å². The minimum atomic E-state index is -0.699. The van der Waals surface area contributed by atoms with E-state index in [1.54, 1.807) is 12.1 Å². The Hall–Kier alpha value is -2.92. The third kappa shape index (κ3) is 6.61. The zero-order chi connectivity index (χ0) is 18.7. The quantitative estimate of drug-likeness (QED) is 0.173. The van der Waals surface area contributed by atoms with Crippen molar-refractivity contribution >= 4 is 11.7 Å². The summed E-state index contributed by atoms with van der Waals surface area (Å²) < 4.78 is 10.1. The van der Waals surface area contributed by atoms with Gasteiger partial charge in [-0.3, -0.25) is 10.1 Å². The molecule has 0 fully saturated rings. The number of esters is 1. The summed E-state index contributed by atoms with van der Waals surface area (Å²) in [6, 6.07) is 7.90. The van der Waals surface area contributed by atoms with Crippen LogP contribution in [0.15, 0.2) is 35.5 Å². The van der Waals surface area contributed by atoms with Crippen molar-refractivity contribution in [3.8, 4) is 6.07 Å². The molecular formula is C17H21N3O5. The Morgan fingerprint density at radius 1 is 1.28 bits per heavy atom. The van der Waals surface area contributed by atoms with E-state index in [0.717, 1.165) is 5.56 Å². The lowest BCUT2D eigenvalue weighted by Crippen LogP contribution is -2.20. The molecule has 0 unspecified atom stereocenters. The fraction of sp³-hybridized carbons (Fsp3) is 0.412. The molecule has 0 bridgehead atoms. The Morgan fingerprint density at radius 3 is 2.48 bits per heavy atom. The Bertz CT molecular complexity index is 662. The van der Waals surface area contributed by atoms with E-state index in [1.807, 2.05) is 19.9 Å². The van der Waals surface area contributed by atoms with E-state index in [2.05, 4.69) is 5.32 Å². The number of hydrogen-bond donors (Lipinski definition) is 1. The molecule has 25 heavy (non-hydrogen) atoms. The molecule has 0 aliphatic carbocycles. The standard InChI is InChI=1S/C17H21N3O5/c1-3-16(15(11-18)17(21)25-10-9-24-4-2)19-12-13-5-7-14(8-6-13)20(22)23/h5-8,19H,3-4,9-10,12H2,1-2H3/b16-15+. The van der Waals surface area contributed by atoms with Crippen LogP contribution in [0.3, 0.4) is 0 Å². The van der Waals surface area contributed by atoms with E-state index < -0.39 is 10.9 Å². The molecule has 0 atom stereocenters. The third-order valence-corrected chi connectivity index (χ3v) is 3.29. The topological polar surface area (TPSA) is 114 Å². The number of allylic oxidation sites excluding steroid dienone is 1. The minimum Gasteiger partial charge on any atom is -0.459 e. The van der Waals surface area contributed by atoms with E-state index in [4.69, 9.17) is 9.47 Å². The average molecular weight is 347 g/mol. The van der Waals surface area contributed by atoms with Gasteiger partial charge in [0.05, 0.1) is 11.5 Å². The number of nitriles is 1. The number of carbonyl (C=O) groups excluding carboxylic acids is 1. The summed E-state index contributed by atoms with van der Waals surface area (Å²) in [7, 11) is 0. The molecule has 8 nitrogen and oxygen atoms in total. The van der Waals surface area contributed by atoms with Crippen LogP contribution in [0.5, 0.6) is 0 Å². The molecule has 0 heterocycles. The average Bonchev–Trinajstić information content (AvgIpc) is 2.62. The van der Waals surface area contributed by atoms with Crippen LogP contribution in [0, 0.1) is 21.4 Å². The summed E-state index contributed by atoms with van der Waals surface area (Å²) >= 11 is 0. The first-order chi connectivity index (χ1) is 12.0. The maximum atomic E-state index is 12.0. The molecule has 1 rings (SSSR count). The van der Waals surface area contributed by atoms with Gasteiger partial charge < -0.3 is 14.8 Å². The van der Waals surface area contributed by atoms with Gasteiger partial charge in [-0.1, -0.05) is 19.1 Å². The normalized spacial score (nSPS) is 11.2. The first-order valence-corrected chi connectivity index (χ1v) is 7.88. The molecule has 0 aliphatic heterocycles. The second kappa shape index (κ2) is 10.8. The van der Waals surface area contributed by atoms with Gasteiger partial charge in [0.25, 0.3) is 5.69 Å². The molecule has 1 aromatic rings. The second-order valence-corrected chi connectivity index (χ2v) is 4.93. The predicted molar refractivity (Wildman–Crippen MR) is 90.3 cm³/mol. The number of rotatable bonds is 10. The first-order valence-electron chi connectivity index (χ1n) is 7.88. The van der Waals surface area contributed by atoms with Gasteiger partial charge >= 0.3 is 5.97 Å². The molecule has 8 heteroatoms. The van der Waals surface area contributed by atoms with Gasteiger partial charge in [0.15, 0.2) is 5.57 Å². The van der Waals surface area contributed by atoms with Gasteiger partial charge in [-0.05, 0) is 18.9 Å². The number of ether oxygens (including phenoxy) is 2. The number of nitro groups is 1. The van der Waals surface area contributed by atoms with Crippen LogP contribution in [-0.2, 0) is 20.8 Å². The second-order valence-electron chi connectivity index (χ2n) is 4.93. The lowest BCUT2D eigenvalue weighted by atomic mass is 10.1. The monoisotopic (exact) mass is 347 g/mol. The highest BCUT2D eigenvalue weighted by atomic mass is 16.6. The van der Waals surface area contributed by atoms with Crippen molar-refractivity contribution < 1.29 is 19.2 Å². The highest BCUT2D eigenvalue weighted by Crippen LogP contribution is 2.13. The highest BCUT2D eigenvalue weighted by Gasteiger charge is 2.16. The molecule has 0 spiro atoms. The molecule has 0 saturated carbocycles. The van der Waals surface area contributed by atoms with Gasteiger partial charge in [0, 0.05) is 31.0 Å². The smallest absolute Gasteiger partial charge is 0.350 e. The van der Waals surface area contributed by atoms with Crippen molar-refractivity contribution in [3.63, 3.8) is 0 Å². The number of nitro benzene ring substituents is 1. The fourth-order valence-corrected chi connectivity index (χ4v) is 1.98. The van der Waals surface area contributed by atoms with Gasteiger partial charge in [-0.2, -0.15) is 5.26 Å². The summed E-state index contributed by atoms with van der Waals surface area (Å²) in [6.07, 6.45) is 0.441. The van der Waals surface area contributed by atoms with Crippen molar-refractivity contribution in [1.82, 2.24) is 5.32 Å². The van der Waals surface area contributed by atoms with E-state index in [-0.39, 0.29) is 24.5 Å².